The molecule has 290 valence electrons. The number of hydrogen-bond acceptors (Lipinski definition) is 5. The van der Waals surface area contributed by atoms with Crippen molar-refractivity contribution < 1.29 is 24.2 Å². The van der Waals surface area contributed by atoms with Gasteiger partial charge in [-0.15, -0.1) is 0 Å². The summed E-state index contributed by atoms with van der Waals surface area (Å²) < 4.78 is 10.5. The summed E-state index contributed by atoms with van der Waals surface area (Å²) in [5.74, 6) is -0.739. The zero-order valence-corrected chi connectivity index (χ0v) is 32.8. The molecule has 1 N–H and O–H groups in total. The van der Waals surface area contributed by atoms with E-state index in [-0.39, 0.29) is 25.6 Å². The average Bonchev–Trinajstić information content (AvgIpc) is 3.15. The number of esters is 2. The second-order valence-electron chi connectivity index (χ2n) is 12.6. The second-order valence-corrected chi connectivity index (χ2v) is 12.6. The Balaban J connectivity index is 3.80. The standard InChI is InChI=1S/C47H72O5/c1-3-5-7-9-11-13-15-17-19-21-23-25-27-29-31-33-35-37-39-41-46(49)51-44-45(43-48)52-47(50)42-40-38-36-34-32-30-28-26-24-22-20-18-16-14-12-10-8-6-4-2/h6,8,11-14,17-20,23-26,29-32,36,38,45,48H,3-5,7,9-10,15-16,21-22,27-28,33-35,37,39-44H2,1-2H3/b8-6-,13-11-,14-12-,19-17-,20-18-,25-23-,26-24-,31-29-,32-30-,38-36-/t45-/m0/s1. The number of hydrogen-bond donors (Lipinski definition) is 1. The highest BCUT2D eigenvalue weighted by Crippen LogP contribution is 2.07. The van der Waals surface area contributed by atoms with Crippen LogP contribution < -0.4 is 0 Å². The van der Waals surface area contributed by atoms with Gasteiger partial charge in [-0.1, -0.05) is 155 Å². The Morgan fingerprint density at radius 2 is 0.865 bits per heavy atom. The molecule has 1 atom stereocenters. The predicted molar refractivity (Wildman–Crippen MR) is 223 cm³/mol. The van der Waals surface area contributed by atoms with E-state index in [9.17, 15) is 14.7 Å². The van der Waals surface area contributed by atoms with Crippen molar-refractivity contribution in [2.75, 3.05) is 13.2 Å². The van der Waals surface area contributed by atoms with Gasteiger partial charge in [0.1, 0.15) is 6.61 Å². The van der Waals surface area contributed by atoms with Crippen molar-refractivity contribution in [2.24, 2.45) is 0 Å². The molecule has 5 nitrogen and oxygen atoms in total. The molecule has 0 amide bonds. The molecule has 0 unspecified atom stereocenters. The normalized spacial score (nSPS) is 13.5. The van der Waals surface area contributed by atoms with Crippen molar-refractivity contribution in [3.63, 3.8) is 0 Å². The van der Waals surface area contributed by atoms with E-state index in [0.717, 1.165) is 83.5 Å². The molecule has 0 fully saturated rings. The van der Waals surface area contributed by atoms with E-state index in [4.69, 9.17) is 9.47 Å². The molecule has 0 rings (SSSR count). The molecule has 0 bridgehead atoms. The van der Waals surface area contributed by atoms with Gasteiger partial charge >= 0.3 is 11.9 Å². The van der Waals surface area contributed by atoms with E-state index >= 15 is 0 Å². The van der Waals surface area contributed by atoms with Gasteiger partial charge in [0.25, 0.3) is 0 Å². The van der Waals surface area contributed by atoms with E-state index in [1.807, 2.05) is 12.2 Å². The lowest BCUT2D eigenvalue weighted by Gasteiger charge is -2.15. The Morgan fingerprint density at radius 1 is 0.462 bits per heavy atom. The third-order valence-corrected chi connectivity index (χ3v) is 7.75. The van der Waals surface area contributed by atoms with E-state index < -0.39 is 12.1 Å². The van der Waals surface area contributed by atoms with Crippen LogP contribution in [0.1, 0.15) is 142 Å². The molecule has 0 aliphatic rings. The molecule has 0 saturated carbocycles. The molecule has 0 heterocycles. The molecule has 0 aliphatic carbocycles. The van der Waals surface area contributed by atoms with Gasteiger partial charge in [0, 0.05) is 12.8 Å². The fourth-order valence-corrected chi connectivity index (χ4v) is 4.74. The van der Waals surface area contributed by atoms with Gasteiger partial charge in [-0.25, -0.2) is 0 Å². The number of rotatable bonds is 34. The number of aliphatic hydroxyl groups excluding tert-OH is 1. The summed E-state index contributed by atoms with van der Waals surface area (Å²) in [5.41, 5.74) is 0. The van der Waals surface area contributed by atoms with Crippen LogP contribution in [0, 0.1) is 0 Å². The quantitative estimate of drug-likeness (QED) is 0.0408. The van der Waals surface area contributed by atoms with Crippen molar-refractivity contribution in [2.45, 2.75) is 148 Å². The first kappa shape index (κ1) is 48.3. The Kier molecular flexibility index (Phi) is 38.8. The predicted octanol–water partition coefficient (Wildman–Crippen LogP) is 12.8. The maximum absolute atomic E-state index is 12.1. The number of carbonyl (C=O) groups excluding carboxylic acids is 2. The highest BCUT2D eigenvalue weighted by molar-refractivity contribution is 5.70. The molecular formula is C47H72O5. The van der Waals surface area contributed by atoms with E-state index in [0.29, 0.717) is 12.8 Å². The average molecular weight is 717 g/mol. The van der Waals surface area contributed by atoms with Crippen LogP contribution in [0.5, 0.6) is 0 Å². The Hall–Kier alpha value is -3.70. The van der Waals surface area contributed by atoms with Crippen LogP contribution >= 0.6 is 0 Å². The van der Waals surface area contributed by atoms with E-state index in [1.165, 1.54) is 25.7 Å². The smallest absolute Gasteiger partial charge is 0.306 e. The first-order valence-electron chi connectivity index (χ1n) is 20.1. The molecule has 52 heavy (non-hydrogen) atoms. The summed E-state index contributed by atoms with van der Waals surface area (Å²) in [5, 5.41) is 9.55. The molecule has 0 radical (unpaired) electrons. The minimum atomic E-state index is -0.834. The molecule has 0 aromatic rings. The zero-order valence-electron chi connectivity index (χ0n) is 32.8. The minimum Gasteiger partial charge on any atom is -0.462 e. The lowest BCUT2D eigenvalue weighted by Crippen LogP contribution is -2.28. The van der Waals surface area contributed by atoms with Crippen LogP contribution in [0.3, 0.4) is 0 Å². The largest absolute Gasteiger partial charge is 0.462 e. The molecule has 5 heteroatoms. The van der Waals surface area contributed by atoms with Gasteiger partial charge in [-0.2, -0.15) is 0 Å². The summed E-state index contributed by atoms with van der Waals surface area (Å²) in [6, 6.07) is 0. The Labute approximate surface area is 318 Å². The van der Waals surface area contributed by atoms with Crippen molar-refractivity contribution >= 4 is 11.9 Å². The van der Waals surface area contributed by atoms with Gasteiger partial charge in [-0.05, 0) is 96.3 Å². The Bertz CT molecular complexity index is 1130. The maximum atomic E-state index is 12.1. The van der Waals surface area contributed by atoms with E-state index in [2.05, 4.69) is 123 Å². The molecule has 0 aromatic carbocycles. The van der Waals surface area contributed by atoms with Gasteiger partial charge in [-0.3, -0.25) is 9.59 Å². The SMILES string of the molecule is CC/C=C\C/C=C\C/C=C\C/C=C\C/C=C\C/C=C\CCC(=O)O[C@@H](CO)COC(=O)CCCCC/C=C\C/C=C\C/C=C\C/C=C\CCCCC. The number of ether oxygens (including phenoxy) is 2. The van der Waals surface area contributed by atoms with Crippen LogP contribution in [0.15, 0.2) is 122 Å². The first-order valence-corrected chi connectivity index (χ1v) is 20.1. The molecule has 0 aromatic heterocycles. The first-order chi connectivity index (χ1) is 25.6. The molecule has 0 spiro atoms. The molecule has 0 aliphatic heterocycles. The summed E-state index contributed by atoms with van der Waals surface area (Å²) in [4.78, 5) is 24.2. The van der Waals surface area contributed by atoms with Crippen LogP contribution in [-0.2, 0) is 19.1 Å². The highest BCUT2D eigenvalue weighted by Gasteiger charge is 2.15. The third kappa shape index (κ3) is 39.1. The fourth-order valence-electron chi connectivity index (χ4n) is 4.74. The van der Waals surface area contributed by atoms with Gasteiger partial charge in [0.2, 0.25) is 0 Å². The number of allylic oxidation sites excluding steroid dienone is 20. The van der Waals surface area contributed by atoms with Crippen LogP contribution in [0.25, 0.3) is 0 Å². The van der Waals surface area contributed by atoms with Crippen molar-refractivity contribution in [3.05, 3.63) is 122 Å². The van der Waals surface area contributed by atoms with Gasteiger partial charge < -0.3 is 14.6 Å². The van der Waals surface area contributed by atoms with Gasteiger partial charge in [0.15, 0.2) is 6.10 Å². The minimum absolute atomic E-state index is 0.122. The summed E-state index contributed by atoms with van der Waals surface area (Å²) in [7, 11) is 0. The molecule has 0 saturated heterocycles. The zero-order chi connectivity index (χ0) is 37.8. The van der Waals surface area contributed by atoms with Gasteiger partial charge in [0.05, 0.1) is 6.61 Å². The van der Waals surface area contributed by atoms with Crippen LogP contribution in [0.4, 0.5) is 0 Å². The topological polar surface area (TPSA) is 72.8 Å². The number of unbranched alkanes of at least 4 members (excludes halogenated alkanes) is 6. The van der Waals surface area contributed by atoms with Crippen molar-refractivity contribution in [1.29, 1.82) is 0 Å². The summed E-state index contributed by atoms with van der Waals surface area (Å²) in [6.45, 7) is 3.88. The summed E-state index contributed by atoms with van der Waals surface area (Å²) >= 11 is 0. The highest BCUT2D eigenvalue weighted by atomic mass is 16.6. The lowest BCUT2D eigenvalue weighted by atomic mass is 10.1. The van der Waals surface area contributed by atoms with Crippen LogP contribution in [-0.4, -0.2) is 36.4 Å². The fraction of sp³-hybridized carbons (Fsp3) is 0.532. The van der Waals surface area contributed by atoms with Crippen molar-refractivity contribution in [1.82, 2.24) is 0 Å². The third-order valence-electron chi connectivity index (χ3n) is 7.75. The lowest BCUT2D eigenvalue weighted by molar-refractivity contribution is -0.161. The van der Waals surface area contributed by atoms with Crippen molar-refractivity contribution in [3.8, 4) is 0 Å². The number of carbonyl (C=O) groups is 2. The van der Waals surface area contributed by atoms with Crippen LogP contribution in [0.2, 0.25) is 0 Å². The maximum Gasteiger partial charge on any atom is 0.306 e. The molecular weight excluding hydrogens is 645 g/mol. The van der Waals surface area contributed by atoms with E-state index in [1.54, 1.807) is 0 Å². The Morgan fingerprint density at radius 3 is 1.29 bits per heavy atom. The number of aliphatic hydroxyl groups is 1. The monoisotopic (exact) mass is 717 g/mol. The summed E-state index contributed by atoms with van der Waals surface area (Å²) in [6.07, 6.45) is 61.2. The second kappa shape index (κ2) is 41.7.